The Morgan fingerprint density at radius 1 is 1.00 bits per heavy atom. The number of nitrogens with zero attached hydrogens (tertiary/aromatic N) is 4. The maximum absolute atomic E-state index is 14.3. The Labute approximate surface area is 283 Å². The zero-order valence-corrected chi connectivity index (χ0v) is 27.9. The summed E-state index contributed by atoms with van der Waals surface area (Å²) >= 11 is 4.99. The second kappa shape index (κ2) is 12.8. The molecule has 0 spiro atoms. The highest BCUT2D eigenvalue weighted by molar-refractivity contribution is 9.10. The van der Waals surface area contributed by atoms with E-state index in [0.717, 1.165) is 10.0 Å². The third kappa shape index (κ3) is 5.84. The van der Waals surface area contributed by atoms with E-state index in [2.05, 4.69) is 20.9 Å². The maximum atomic E-state index is 14.3. The lowest BCUT2D eigenvalue weighted by Crippen LogP contribution is -2.49. The third-order valence-electron chi connectivity index (χ3n) is 9.83. The highest BCUT2D eigenvalue weighted by Gasteiger charge is 2.44. The smallest absolute Gasteiger partial charge is 0.306 e. The largest absolute Gasteiger partial charge is 0.488 e. The molecule has 0 radical (unpaired) electrons. The molecule has 4 amide bonds. The van der Waals surface area contributed by atoms with Crippen LogP contribution in [0.15, 0.2) is 52.6 Å². The number of thiazole rings is 1. The highest BCUT2D eigenvalue weighted by atomic mass is 79.9. The summed E-state index contributed by atoms with van der Waals surface area (Å²) in [6, 6.07) is 9.71. The fraction of sp³-hybridized carbons (Fsp3) is 0.412. The molecular weight excluding hydrogens is 688 g/mol. The number of amides is 4. The van der Waals surface area contributed by atoms with E-state index in [1.807, 2.05) is 12.1 Å². The summed E-state index contributed by atoms with van der Waals surface area (Å²) in [7, 11) is 0. The molecule has 1 saturated heterocycles. The van der Waals surface area contributed by atoms with Gasteiger partial charge in [-0.3, -0.25) is 33.9 Å². The van der Waals surface area contributed by atoms with Gasteiger partial charge in [-0.1, -0.05) is 34.5 Å². The molecule has 0 bridgehead atoms. The number of carboxylic acids is 1. The first-order valence-electron chi connectivity index (χ1n) is 15.9. The van der Waals surface area contributed by atoms with Gasteiger partial charge >= 0.3 is 5.97 Å². The number of aromatic nitrogens is 1. The lowest BCUT2D eigenvalue weighted by molar-refractivity contribution is -0.146. The van der Waals surface area contributed by atoms with Crippen LogP contribution in [0.25, 0.3) is 0 Å². The van der Waals surface area contributed by atoms with Gasteiger partial charge in [-0.2, -0.15) is 0 Å². The number of halogens is 1. The first-order chi connectivity index (χ1) is 22.7. The number of imide groups is 1. The van der Waals surface area contributed by atoms with Gasteiger partial charge in [-0.15, -0.1) is 11.3 Å². The van der Waals surface area contributed by atoms with Gasteiger partial charge in [-0.05, 0) is 55.5 Å². The van der Waals surface area contributed by atoms with E-state index in [1.54, 1.807) is 45.8 Å². The predicted octanol–water partition coefficient (Wildman–Crippen LogP) is 4.81. The molecule has 4 heterocycles. The number of carbonyl (C=O) groups is 5. The lowest BCUT2D eigenvalue weighted by atomic mass is 9.80. The number of aliphatic carboxylic acids is 1. The Bertz CT molecular complexity index is 1730. The van der Waals surface area contributed by atoms with Crippen molar-refractivity contribution in [2.45, 2.75) is 50.7 Å². The Kier molecular flexibility index (Phi) is 8.60. The normalized spacial score (nSPS) is 23.9. The van der Waals surface area contributed by atoms with Gasteiger partial charge in [0.2, 0.25) is 5.91 Å². The molecule has 11 nitrogen and oxygen atoms in total. The number of likely N-dealkylation sites (tertiary alicyclic amines) is 1. The van der Waals surface area contributed by atoms with E-state index in [1.165, 1.54) is 16.2 Å². The first kappa shape index (κ1) is 31.5. The minimum Gasteiger partial charge on any atom is -0.488 e. The fourth-order valence-corrected chi connectivity index (χ4v) is 8.58. The monoisotopic (exact) mass is 720 g/mol. The van der Waals surface area contributed by atoms with Crippen LogP contribution < -0.4 is 4.74 Å². The second-order valence-electron chi connectivity index (χ2n) is 12.5. The van der Waals surface area contributed by atoms with Crippen molar-refractivity contribution in [3.8, 4) is 5.75 Å². The van der Waals surface area contributed by atoms with E-state index >= 15 is 0 Å². The summed E-state index contributed by atoms with van der Waals surface area (Å²) < 4.78 is 7.46. The highest BCUT2D eigenvalue weighted by Crippen LogP contribution is 2.44. The van der Waals surface area contributed by atoms with Crippen molar-refractivity contribution < 1.29 is 33.8 Å². The number of carboxylic acid groups (broad SMARTS) is 1. The van der Waals surface area contributed by atoms with Gasteiger partial charge < -0.3 is 19.6 Å². The molecule has 7 rings (SSSR count). The SMILES string of the molecule is O=C(O)C1CCCC(C(=O)N2CCc3c(Br)ccc(O[C@H]4CCN(C(=O)c5cncs5)C4)c3[C@H]2CN2C(=O)c3ccccc3C2=O)C1. The Morgan fingerprint density at radius 3 is 2.45 bits per heavy atom. The molecule has 244 valence electrons. The molecule has 4 aliphatic rings. The average molecular weight is 722 g/mol. The van der Waals surface area contributed by atoms with Crippen LogP contribution in [0, 0.1) is 11.8 Å². The predicted molar refractivity (Wildman–Crippen MR) is 174 cm³/mol. The summed E-state index contributed by atoms with van der Waals surface area (Å²) in [6.45, 7) is 1.17. The minimum absolute atomic E-state index is 0.0758. The zero-order chi connectivity index (χ0) is 32.8. The van der Waals surface area contributed by atoms with E-state index < -0.39 is 35.7 Å². The molecule has 1 saturated carbocycles. The maximum Gasteiger partial charge on any atom is 0.306 e. The van der Waals surface area contributed by atoms with Gasteiger partial charge in [0.1, 0.15) is 16.7 Å². The van der Waals surface area contributed by atoms with Crippen LogP contribution in [0.4, 0.5) is 0 Å². The topological polar surface area (TPSA) is 137 Å². The van der Waals surface area contributed by atoms with Crippen molar-refractivity contribution in [1.29, 1.82) is 0 Å². The third-order valence-corrected chi connectivity index (χ3v) is 11.3. The van der Waals surface area contributed by atoms with Crippen molar-refractivity contribution in [2.75, 3.05) is 26.2 Å². The lowest BCUT2D eigenvalue weighted by Gasteiger charge is -2.42. The molecule has 3 aromatic rings. The number of benzene rings is 2. The van der Waals surface area contributed by atoms with Crippen molar-refractivity contribution in [3.05, 3.63) is 79.7 Å². The minimum atomic E-state index is -0.895. The van der Waals surface area contributed by atoms with Crippen molar-refractivity contribution in [1.82, 2.24) is 19.7 Å². The average Bonchev–Trinajstić information content (AvgIpc) is 3.84. The molecule has 2 unspecified atom stereocenters. The molecule has 13 heteroatoms. The standard InChI is InChI=1S/C34H33BrN4O7S/c35-25-8-9-27(46-21-10-12-37(16-21)33(43)28-15-36-18-47-28)29-24(25)11-13-38(30(40)19-4-3-5-20(14-19)34(44)45)26(29)17-39-31(41)22-6-1-2-7-23(22)32(39)42/h1-2,6-9,15,18-21,26H,3-5,10-14,16-17H2,(H,44,45)/t19?,20?,21-,26+/m0/s1. The molecule has 1 N–H and O–H groups in total. The van der Waals surface area contributed by atoms with Crippen molar-refractivity contribution in [2.24, 2.45) is 11.8 Å². The first-order valence-corrected chi connectivity index (χ1v) is 17.5. The summed E-state index contributed by atoms with van der Waals surface area (Å²) in [6.07, 6.45) is 4.39. The van der Waals surface area contributed by atoms with E-state index in [-0.39, 0.29) is 30.9 Å². The molecule has 3 aliphatic heterocycles. The van der Waals surface area contributed by atoms with Crippen molar-refractivity contribution >= 4 is 56.9 Å². The second-order valence-corrected chi connectivity index (χ2v) is 14.3. The summed E-state index contributed by atoms with van der Waals surface area (Å²) in [5.41, 5.74) is 3.92. The number of ether oxygens (including phenoxy) is 1. The number of hydrogen-bond acceptors (Lipinski definition) is 8. The molecule has 2 aromatic carbocycles. The quantitative estimate of drug-likeness (QED) is 0.344. The zero-order valence-electron chi connectivity index (χ0n) is 25.5. The van der Waals surface area contributed by atoms with E-state index in [4.69, 9.17) is 4.74 Å². The van der Waals surface area contributed by atoms with Gasteiger partial charge in [0.25, 0.3) is 17.7 Å². The molecule has 1 aromatic heterocycles. The van der Waals surface area contributed by atoms with E-state index in [0.29, 0.717) is 79.1 Å². The summed E-state index contributed by atoms with van der Waals surface area (Å²) in [4.78, 5) is 75.6. The number of carbonyl (C=O) groups excluding carboxylic acids is 4. The van der Waals surface area contributed by atoms with Crippen LogP contribution in [0.5, 0.6) is 5.75 Å². The van der Waals surface area contributed by atoms with Crippen LogP contribution in [0.3, 0.4) is 0 Å². The molecule has 1 aliphatic carbocycles. The number of fused-ring (bicyclic) bond motifs is 2. The Balaban J connectivity index is 1.22. The van der Waals surface area contributed by atoms with Crippen LogP contribution in [0.2, 0.25) is 0 Å². The Morgan fingerprint density at radius 2 is 1.74 bits per heavy atom. The van der Waals surface area contributed by atoms with Gasteiger partial charge in [0.05, 0.1) is 47.9 Å². The van der Waals surface area contributed by atoms with Crippen LogP contribution in [-0.4, -0.2) is 86.7 Å². The molecular formula is C34H33BrN4O7S. The number of rotatable bonds is 7. The molecule has 2 fully saturated rings. The summed E-state index contributed by atoms with van der Waals surface area (Å²) in [5, 5.41) is 9.72. The summed E-state index contributed by atoms with van der Waals surface area (Å²) in [5.74, 6) is -2.53. The van der Waals surface area contributed by atoms with Gasteiger partial charge in [0, 0.05) is 35.5 Å². The van der Waals surface area contributed by atoms with Gasteiger partial charge in [-0.25, -0.2) is 0 Å². The van der Waals surface area contributed by atoms with Crippen LogP contribution >= 0.6 is 27.3 Å². The fourth-order valence-electron chi connectivity index (χ4n) is 7.45. The molecule has 47 heavy (non-hydrogen) atoms. The molecule has 4 atom stereocenters. The van der Waals surface area contributed by atoms with Crippen molar-refractivity contribution in [3.63, 3.8) is 0 Å². The van der Waals surface area contributed by atoms with E-state index in [9.17, 15) is 29.1 Å². The van der Waals surface area contributed by atoms with Crippen LogP contribution in [0.1, 0.15) is 79.7 Å². The number of hydrogen-bond donors (Lipinski definition) is 1. The Hall–Kier alpha value is -4.10. The van der Waals surface area contributed by atoms with Crippen LogP contribution in [-0.2, 0) is 16.0 Å². The van der Waals surface area contributed by atoms with Gasteiger partial charge in [0.15, 0.2) is 0 Å².